The van der Waals surface area contributed by atoms with Crippen LogP contribution in [0.2, 0.25) is 0 Å². The van der Waals surface area contributed by atoms with Gasteiger partial charge in [0.2, 0.25) is 10.0 Å². The highest BCUT2D eigenvalue weighted by atomic mass is 32.2. The second-order valence-electron chi connectivity index (χ2n) is 2.79. The Hall–Kier alpha value is -0.460. The van der Waals surface area contributed by atoms with E-state index < -0.39 is 10.0 Å². The van der Waals surface area contributed by atoms with Gasteiger partial charge in [-0.05, 0) is 6.92 Å². The van der Waals surface area contributed by atoms with Crippen molar-refractivity contribution in [3.8, 4) is 0 Å². The predicted molar refractivity (Wildman–Crippen MR) is 44.0 cm³/mol. The minimum atomic E-state index is -3.34. The van der Waals surface area contributed by atoms with Crippen LogP contribution in [0.1, 0.15) is 6.92 Å². The maximum absolute atomic E-state index is 11.3. The van der Waals surface area contributed by atoms with Crippen LogP contribution in [-0.4, -0.2) is 44.0 Å². The first-order valence-corrected chi connectivity index (χ1v) is 5.31. The minimum Gasteiger partial charge on any atom is -0.302 e. The van der Waals surface area contributed by atoms with Gasteiger partial charge < -0.3 is 5.32 Å². The minimum absolute atomic E-state index is 0.318. The standard InChI is InChI=1S/C6H12N2O3S/c1-6(9)4-12(10,11)8-3-2-7-5-8/h7H,2-5H2,1H3. The molecule has 0 spiro atoms. The van der Waals surface area contributed by atoms with Gasteiger partial charge in [-0.1, -0.05) is 0 Å². The zero-order valence-corrected chi connectivity index (χ0v) is 7.73. The Morgan fingerprint density at radius 1 is 1.58 bits per heavy atom. The fourth-order valence-electron chi connectivity index (χ4n) is 1.07. The van der Waals surface area contributed by atoms with E-state index in [9.17, 15) is 13.2 Å². The van der Waals surface area contributed by atoms with Crippen LogP contribution in [-0.2, 0) is 14.8 Å². The molecule has 1 aliphatic heterocycles. The van der Waals surface area contributed by atoms with E-state index in [2.05, 4.69) is 5.32 Å². The number of hydrogen-bond donors (Lipinski definition) is 1. The van der Waals surface area contributed by atoms with Crippen molar-refractivity contribution in [1.29, 1.82) is 0 Å². The first kappa shape index (κ1) is 9.63. The van der Waals surface area contributed by atoms with E-state index >= 15 is 0 Å². The van der Waals surface area contributed by atoms with Crippen molar-refractivity contribution >= 4 is 15.8 Å². The molecule has 6 heteroatoms. The summed E-state index contributed by atoms with van der Waals surface area (Å²) in [5, 5.41) is 2.89. The predicted octanol–water partition coefficient (Wildman–Crippen LogP) is -1.23. The van der Waals surface area contributed by atoms with E-state index in [4.69, 9.17) is 0 Å². The Kier molecular flexibility index (Phi) is 2.81. The van der Waals surface area contributed by atoms with Gasteiger partial charge >= 0.3 is 0 Å². The molecule has 0 atom stereocenters. The Balaban J connectivity index is 2.64. The molecule has 0 aromatic carbocycles. The molecule has 12 heavy (non-hydrogen) atoms. The molecule has 1 saturated heterocycles. The van der Waals surface area contributed by atoms with E-state index in [1.165, 1.54) is 11.2 Å². The lowest BCUT2D eigenvalue weighted by Crippen LogP contribution is -2.33. The van der Waals surface area contributed by atoms with Crippen molar-refractivity contribution in [1.82, 2.24) is 9.62 Å². The molecule has 0 aromatic rings. The van der Waals surface area contributed by atoms with Crippen molar-refractivity contribution < 1.29 is 13.2 Å². The third-order valence-electron chi connectivity index (χ3n) is 1.61. The number of ketones is 1. The summed E-state index contributed by atoms with van der Waals surface area (Å²) in [6.07, 6.45) is 0. The van der Waals surface area contributed by atoms with Crippen LogP contribution in [0.4, 0.5) is 0 Å². The van der Waals surface area contributed by atoms with Crippen LogP contribution in [0.5, 0.6) is 0 Å². The summed E-state index contributed by atoms with van der Waals surface area (Å²) in [7, 11) is -3.34. The topological polar surface area (TPSA) is 66.5 Å². The van der Waals surface area contributed by atoms with Gasteiger partial charge in [-0.15, -0.1) is 0 Å². The normalized spacial score (nSPS) is 19.8. The molecule has 1 rings (SSSR count). The molecule has 1 fully saturated rings. The Morgan fingerprint density at radius 3 is 2.67 bits per heavy atom. The number of sulfonamides is 1. The highest BCUT2D eigenvalue weighted by molar-refractivity contribution is 7.89. The molecule has 0 amide bonds. The van der Waals surface area contributed by atoms with Crippen molar-refractivity contribution in [2.24, 2.45) is 0 Å². The molecule has 70 valence electrons. The number of nitrogens with one attached hydrogen (secondary N) is 1. The molecule has 0 saturated carbocycles. The zero-order chi connectivity index (χ0) is 9.19. The van der Waals surface area contributed by atoms with Crippen LogP contribution < -0.4 is 5.32 Å². The van der Waals surface area contributed by atoms with Gasteiger partial charge in [-0.25, -0.2) is 8.42 Å². The lowest BCUT2D eigenvalue weighted by atomic mass is 10.5. The number of carbonyl (C=O) groups excluding carboxylic acids is 1. The highest BCUT2D eigenvalue weighted by Gasteiger charge is 2.25. The summed E-state index contributed by atoms with van der Waals surface area (Å²) in [4.78, 5) is 10.6. The lowest BCUT2D eigenvalue weighted by Gasteiger charge is -2.12. The first-order valence-electron chi connectivity index (χ1n) is 3.70. The number of nitrogens with zero attached hydrogens (tertiary/aromatic N) is 1. The first-order chi connectivity index (χ1) is 5.52. The summed E-state index contributed by atoms with van der Waals surface area (Å²) in [6, 6.07) is 0. The van der Waals surface area contributed by atoms with Crippen molar-refractivity contribution in [2.45, 2.75) is 6.92 Å². The summed E-state index contributed by atoms with van der Waals surface area (Å²) in [6.45, 7) is 2.74. The van der Waals surface area contributed by atoms with Gasteiger partial charge in [0.25, 0.3) is 0 Å². The van der Waals surface area contributed by atoms with Crippen molar-refractivity contribution in [2.75, 3.05) is 25.5 Å². The smallest absolute Gasteiger partial charge is 0.222 e. The SMILES string of the molecule is CC(=O)CS(=O)(=O)N1CCNC1. The van der Waals surface area contributed by atoms with Crippen LogP contribution in [0, 0.1) is 0 Å². The lowest BCUT2D eigenvalue weighted by molar-refractivity contribution is -0.114. The van der Waals surface area contributed by atoms with E-state index in [-0.39, 0.29) is 11.5 Å². The Labute approximate surface area is 71.8 Å². The molecule has 1 aliphatic rings. The zero-order valence-electron chi connectivity index (χ0n) is 6.91. The van der Waals surface area contributed by atoms with E-state index in [1.807, 2.05) is 0 Å². The van der Waals surface area contributed by atoms with Gasteiger partial charge in [0.05, 0.1) is 6.67 Å². The van der Waals surface area contributed by atoms with Crippen LogP contribution in [0.3, 0.4) is 0 Å². The van der Waals surface area contributed by atoms with E-state index in [0.29, 0.717) is 19.8 Å². The highest BCUT2D eigenvalue weighted by Crippen LogP contribution is 2.03. The molecule has 0 bridgehead atoms. The molecule has 0 radical (unpaired) electrons. The monoisotopic (exact) mass is 192 g/mol. The third kappa shape index (κ3) is 2.26. The molecule has 0 aromatic heterocycles. The van der Waals surface area contributed by atoms with Crippen molar-refractivity contribution in [3.63, 3.8) is 0 Å². The van der Waals surface area contributed by atoms with Gasteiger partial charge in [0.1, 0.15) is 11.5 Å². The van der Waals surface area contributed by atoms with E-state index in [1.54, 1.807) is 0 Å². The van der Waals surface area contributed by atoms with Gasteiger partial charge in [-0.3, -0.25) is 4.79 Å². The fourth-order valence-corrected chi connectivity index (χ4v) is 2.43. The summed E-state index contributed by atoms with van der Waals surface area (Å²) in [5.41, 5.74) is 0. The molecule has 0 aliphatic carbocycles. The number of carbonyl (C=O) groups is 1. The molecule has 0 unspecified atom stereocenters. The van der Waals surface area contributed by atoms with Crippen LogP contribution >= 0.6 is 0 Å². The Morgan fingerprint density at radius 2 is 2.25 bits per heavy atom. The summed E-state index contributed by atoms with van der Waals surface area (Å²) < 4.78 is 23.9. The largest absolute Gasteiger partial charge is 0.302 e. The fraction of sp³-hybridized carbons (Fsp3) is 0.833. The second kappa shape index (κ2) is 3.51. The van der Waals surface area contributed by atoms with Gasteiger partial charge in [0.15, 0.2) is 0 Å². The summed E-state index contributed by atoms with van der Waals surface area (Å²) >= 11 is 0. The molecular formula is C6H12N2O3S. The molecule has 1 N–H and O–H groups in total. The molecule has 5 nitrogen and oxygen atoms in total. The summed E-state index contributed by atoms with van der Waals surface area (Å²) in [5.74, 6) is -0.698. The van der Waals surface area contributed by atoms with E-state index in [0.717, 1.165) is 0 Å². The number of rotatable bonds is 3. The van der Waals surface area contributed by atoms with Crippen LogP contribution in [0.25, 0.3) is 0 Å². The number of hydrogen-bond acceptors (Lipinski definition) is 4. The number of Topliss-reactive ketones (excluding diaryl/α,β-unsaturated/α-hetero) is 1. The van der Waals surface area contributed by atoms with Crippen LogP contribution in [0.15, 0.2) is 0 Å². The molecular weight excluding hydrogens is 180 g/mol. The Bertz CT molecular complexity index is 267. The van der Waals surface area contributed by atoms with Gasteiger partial charge in [-0.2, -0.15) is 4.31 Å². The second-order valence-corrected chi connectivity index (χ2v) is 4.76. The quantitative estimate of drug-likeness (QED) is 0.608. The average molecular weight is 192 g/mol. The molecule has 1 heterocycles. The average Bonchev–Trinajstić information content (AvgIpc) is 2.32. The maximum Gasteiger partial charge on any atom is 0.222 e. The van der Waals surface area contributed by atoms with Gasteiger partial charge in [0, 0.05) is 13.1 Å². The third-order valence-corrected chi connectivity index (χ3v) is 3.47. The van der Waals surface area contributed by atoms with Crippen molar-refractivity contribution in [3.05, 3.63) is 0 Å². The maximum atomic E-state index is 11.3.